The number of methoxy groups -OCH3 is 1. The molecule has 5 heteroatoms. The van der Waals surface area contributed by atoms with Crippen molar-refractivity contribution in [1.29, 1.82) is 0 Å². The Morgan fingerprint density at radius 2 is 2.00 bits per heavy atom. The molecule has 0 unspecified atom stereocenters. The molecule has 2 rings (SSSR count). The fraction of sp³-hybridized carbons (Fsp3) is 0.143. The Morgan fingerprint density at radius 3 is 2.63 bits per heavy atom. The normalized spacial score (nSPS) is 9.95. The van der Waals surface area contributed by atoms with Crippen molar-refractivity contribution in [3.63, 3.8) is 0 Å². The van der Waals surface area contributed by atoms with Crippen molar-refractivity contribution in [2.45, 2.75) is 6.61 Å². The van der Waals surface area contributed by atoms with Crippen molar-refractivity contribution in [2.24, 2.45) is 0 Å². The van der Waals surface area contributed by atoms with Crippen molar-refractivity contribution in [3.8, 4) is 5.75 Å². The lowest BCUT2D eigenvalue weighted by Crippen LogP contribution is -2.11. The van der Waals surface area contributed by atoms with E-state index < -0.39 is 11.4 Å². The van der Waals surface area contributed by atoms with E-state index in [4.69, 9.17) is 9.15 Å². The molecule has 1 aromatic carbocycles. The van der Waals surface area contributed by atoms with Crippen molar-refractivity contribution in [3.05, 3.63) is 64.2 Å². The molecule has 0 bridgehead atoms. The highest BCUT2D eigenvalue weighted by atomic mass is 16.5. The van der Waals surface area contributed by atoms with Crippen LogP contribution < -0.4 is 10.2 Å². The highest BCUT2D eigenvalue weighted by molar-refractivity contribution is 5.85. The number of esters is 1. The zero-order valence-corrected chi connectivity index (χ0v) is 10.3. The Kier molecular flexibility index (Phi) is 3.97. The summed E-state index contributed by atoms with van der Waals surface area (Å²) < 4.78 is 14.8. The third-order valence-corrected chi connectivity index (χ3v) is 2.42. The molecule has 0 aliphatic carbocycles. The van der Waals surface area contributed by atoms with Crippen molar-refractivity contribution < 1.29 is 18.7 Å². The zero-order valence-electron chi connectivity index (χ0n) is 10.3. The molecule has 0 N–H and O–H groups in total. The van der Waals surface area contributed by atoms with Crippen LogP contribution in [-0.2, 0) is 11.3 Å². The minimum Gasteiger partial charge on any atom is -0.482 e. The Bertz CT molecular complexity index is 615. The van der Waals surface area contributed by atoms with Crippen molar-refractivity contribution in [1.82, 2.24) is 0 Å². The van der Waals surface area contributed by atoms with Gasteiger partial charge >= 0.3 is 5.97 Å². The van der Waals surface area contributed by atoms with E-state index in [1.54, 1.807) is 0 Å². The molecule has 0 spiro atoms. The van der Waals surface area contributed by atoms with Crippen LogP contribution >= 0.6 is 0 Å². The summed E-state index contributed by atoms with van der Waals surface area (Å²) in [4.78, 5) is 22.8. The van der Waals surface area contributed by atoms with Gasteiger partial charge in [-0.25, -0.2) is 4.79 Å². The largest absolute Gasteiger partial charge is 0.482 e. The summed E-state index contributed by atoms with van der Waals surface area (Å²) in [6.45, 7) is 0.253. The van der Waals surface area contributed by atoms with Crippen LogP contribution in [0.5, 0.6) is 5.75 Å². The molecule has 1 heterocycles. The predicted molar refractivity (Wildman–Crippen MR) is 67.1 cm³/mol. The molecular weight excluding hydrogens is 248 g/mol. The second-order valence-electron chi connectivity index (χ2n) is 3.74. The molecule has 0 fully saturated rings. The van der Waals surface area contributed by atoms with Crippen LogP contribution in [0.25, 0.3) is 0 Å². The van der Waals surface area contributed by atoms with E-state index in [1.807, 2.05) is 30.3 Å². The van der Waals surface area contributed by atoms with E-state index >= 15 is 0 Å². The second kappa shape index (κ2) is 5.86. The van der Waals surface area contributed by atoms with Gasteiger partial charge in [-0.2, -0.15) is 0 Å². The van der Waals surface area contributed by atoms with Gasteiger partial charge in [0.1, 0.15) is 12.9 Å². The van der Waals surface area contributed by atoms with Crippen molar-refractivity contribution in [2.75, 3.05) is 7.11 Å². The molecule has 2 aromatic rings. The lowest BCUT2D eigenvalue weighted by Gasteiger charge is -2.05. The van der Waals surface area contributed by atoms with Gasteiger partial charge in [-0.3, -0.25) is 4.79 Å². The van der Waals surface area contributed by atoms with E-state index in [2.05, 4.69) is 4.74 Å². The Labute approximate surface area is 109 Å². The number of carbonyl (C=O) groups excluding carboxylic acids is 1. The number of hydrogen-bond donors (Lipinski definition) is 0. The summed E-state index contributed by atoms with van der Waals surface area (Å²) in [5, 5.41) is 0. The molecule has 19 heavy (non-hydrogen) atoms. The minimum atomic E-state index is -0.702. The predicted octanol–water partition coefficient (Wildman–Crippen LogP) is 2.01. The highest BCUT2D eigenvalue weighted by Gasteiger charge is 2.11. The van der Waals surface area contributed by atoms with Gasteiger partial charge in [0.25, 0.3) is 0 Å². The summed E-state index contributed by atoms with van der Waals surface area (Å²) in [6, 6.07) is 10.5. The van der Waals surface area contributed by atoms with Crippen LogP contribution in [0.3, 0.4) is 0 Å². The van der Waals surface area contributed by atoms with Crippen LogP contribution in [0, 0.1) is 0 Å². The van der Waals surface area contributed by atoms with E-state index in [9.17, 15) is 9.59 Å². The van der Waals surface area contributed by atoms with Gasteiger partial charge in [-0.05, 0) is 5.56 Å². The average molecular weight is 260 g/mol. The molecule has 0 radical (unpaired) electrons. The quantitative estimate of drug-likeness (QED) is 0.787. The van der Waals surface area contributed by atoms with E-state index in [0.717, 1.165) is 17.9 Å². The van der Waals surface area contributed by atoms with Gasteiger partial charge in [0.2, 0.25) is 16.9 Å². The summed E-state index contributed by atoms with van der Waals surface area (Å²) >= 11 is 0. The summed E-state index contributed by atoms with van der Waals surface area (Å²) in [5.74, 6) is -0.803. The fourth-order valence-electron chi connectivity index (χ4n) is 1.45. The van der Waals surface area contributed by atoms with Gasteiger partial charge in [0.05, 0.1) is 7.11 Å². The van der Waals surface area contributed by atoms with Gasteiger partial charge in [0.15, 0.2) is 0 Å². The fourth-order valence-corrected chi connectivity index (χ4v) is 1.45. The zero-order chi connectivity index (χ0) is 13.7. The highest BCUT2D eigenvalue weighted by Crippen LogP contribution is 2.09. The van der Waals surface area contributed by atoms with E-state index in [0.29, 0.717) is 0 Å². The number of rotatable bonds is 4. The third-order valence-electron chi connectivity index (χ3n) is 2.42. The number of hydrogen-bond acceptors (Lipinski definition) is 5. The first-order valence-corrected chi connectivity index (χ1v) is 5.58. The van der Waals surface area contributed by atoms with Crippen LogP contribution in [-0.4, -0.2) is 13.1 Å². The lowest BCUT2D eigenvalue weighted by atomic mass is 10.2. The van der Waals surface area contributed by atoms with Crippen LogP contribution in [0.4, 0.5) is 0 Å². The number of ether oxygens (including phenoxy) is 2. The van der Waals surface area contributed by atoms with Crippen molar-refractivity contribution >= 4 is 5.97 Å². The molecule has 98 valence electrons. The summed E-state index contributed by atoms with van der Waals surface area (Å²) in [7, 11) is 1.21. The Hall–Kier alpha value is -2.56. The average Bonchev–Trinajstić information content (AvgIpc) is 2.46. The molecule has 0 aliphatic heterocycles. The third kappa shape index (κ3) is 3.22. The monoisotopic (exact) mass is 260 g/mol. The first-order valence-electron chi connectivity index (χ1n) is 5.58. The molecule has 1 aromatic heterocycles. The smallest absolute Gasteiger partial charge is 0.374 e. The van der Waals surface area contributed by atoms with Gasteiger partial charge in [-0.1, -0.05) is 30.3 Å². The van der Waals surface area contributed by atoms with Crippen LogP contribution in [0.15, 0.2) is 51.9 Å². The minimum absolute atomic E-state index is 0.0523. The van der Waals surface area contributed by atoms with E-state index in [-0.39, 0.29) is 18.1 Å². The molecular formula is C14H12O5. The van der Waals surface area contributed by atoms with Gasteiger partial charge in [-0.15, -0.1) is 0 Å². The van der Waals surface area contributed by atoms with E-state index in [1.165, 1.54) is 7.11 Å². The molecule has 0 aliphatic rings. The number of carbonyl (C=O) groups is 1. The Morgan fingerprint density at radius 1 is 1.26 bits per heavy atom. The maximum atomic E-state index is 11.7. The summed E-state index contributed by atoms with van der Waals surface area (Å²) in [5.41, 5.74) is 0.501. The topological polar surface area (TPSA) is 65.7 Å². The van der Waals surface area contributed by atoms with Gasteiger partial charge in [0, 0.05) is 6.07 Å². The first-order chi connectivity index (χ1) is 9.20. The Balaban J connectivity index is 2.10. The maximum Gasteiger partial charge on any atom is 0.374 e. The molecule has 0 amide bonds. The molecule has 0 atom stereocenters. The van der Waals surface area contributed by atoms with Gasteiger partial charge < -0.3 is 13.9 Å². The SMILES string of the molecule is COC(=O)c1cc(=O)c(OCc2ccccc2)co1. The second-order valence-corrected chi connectivity index (χ2v) is 3.74. The maximum absolute atomic E-state index is 11.7. The number of benzene rings is 1. The standard InChI is InChI=1S/C14H12O5/c1-17-14(16)12-7-11(15)13(9-19-12)18-8-10-5-3-2-4-6-10/h2-7,9H,8H2,1H3. The summed E-state index contributed by atoms with van der Waals surface area (Å²) in [6.07, 6.45) is 1.11. The first kappa shape index (κ1) is 12.9. The van der Waals surface area contributed by atoms with Crippen LogP contribution in [0.1, 0.15) is 16.1 Å². The van der Waals surface area contributed by atoms with Crippen LogP contribution in [0.2, 0.25) is 0 Å². The molecule has 0 saturated heterocycles. The molecule has 0 saturated carbocycles. The lowest BCUT2D eigenvalue weighted by molar-refractivity contribution is 0.0561. The molecule has 5 nitrogen and oxygen atoms in total.